The van der Waals surface area contributed by atoms with Gasteiger partial charge in [0.15, 0.2) is 0 Å². The van der Waals surface area contributed by atoms with Crippen molar-refractivity contribution in [2.75, 3.05) is 18.5 Å². The van der Waals surface area contributed by atoms with Crippen molar-refractivity contribution in [1.82, 2.24) is 14.5 Å². The highest BCUT2D eigenvalue weighted by Gasteiger charge is 2.25. The van der Waals surface area contributed by atoms with Gasteiger partial charge in [-0.2, -0.15) is 0 Å². The summed E-state index contributed by atoms with van der Waals surface area (Å²) in [5.74, 6) is 0.745. The molecule has 6 heteroatoms. The van der Waals surface area contributed by atoms with Crippen LogP contribution in [0.2, 0.25) is 0 Å². The number of anilines is 1. The summed E-state index contributed by atoms with van der Waals surface area (Å²) < 4.78 is 7.93. The van der Waals surface area contributed by atoms with E-state index in [9.17, 15) is 4.79 Å². The molecule has 2 aromatic rings. The molecule has 1 N–H and O–H groups in total. The Morgan fingerprint density at radius 1 is 1.31 bits per heavy atom. The molecule has 0 radical (unpaired) electrons. The molecule has 0 spiro atoms. The number of urea groups is 1. The highest BCUT2D eigenvalue weighted by atomic mass is 16.5. The van der Waals surface area contributed by atoms with Gasteiger partial charge >= 0.3 is 6.03 Å². The fourth-order valence-electron chi connectivity index (χ4n) is 3.36. The number of para-hydroxylation sites is 1. The molecule has 2 heterocycles. The predicted octanol–water partition coefficient (Wildman–Crippen LogP) is 3.42. The van der Waals surface area contributed by atoms with Gasteiger partial charge in [-0.05, 0) is 36.8 Å². The Bertz CT molecular complexity index is 782. The number of nitrogens with one attached hydrogen (secondary N) is 1. The Morgan fingerprint density at radius 2 is 2.15 bits per heavy atom. The Labute approximate surface area is 154 Å². The maximum Gasteiger partial charge on any atom is 0.322 e. The molecular weight excluding hydrogens is 328 g/mol. The maximum absolute atomic E-state index is 12.7. The summed E-state index contributed by atoms with van der Waals surface area (Å²) in [5, 5.41) is 3.07. The van der Waals surface area contributed by atoms with E-state index in [0.717, 1.165) is 48.1 Å². The maximum atomic E-state index is 12.7. The van der Waals surface area contributed by atoms with Crippen molar-refractivity contribution in [3.05, 3.63) is 47.5 Å². The van der Waals surface area contributed by atoms with Gasteiger partial charge in [0.1, 0.15) is 0 Å². The summed E-state index contributed by atoms with van der Waals surface area (Å²) in [6.45, 7) is 5.48. The number of hydrogen-bond acceptors (Lipinski definition) is 3. The van der Waals surface area contributed by atoms with Crippen LogP contribution in [0.15, 0.2) is 30.6 Å². The molecule has 0 bridgehead atoms. The monoisotopic (exact) mass is 354 g/mol. The topological polar surface area (TPSA) is 59.4 Å². The second-order valence-electron chi connectivity index (χ2n) is 7.15. The fraction of sp³-hybridized carbons (Fsp3) is 0.500. The first-order valence-electron chi connectivity index (χ1n) is 9.49. The summed E-state index contributed by atoms with van der Waals surface area (Å²) in [5.41, 5.74) is 4.09. The van der Waals surface area contributed by atoms with E-state index in [2.05, 4.69) is 27.9 Å². The molecule has 138 valence electrons. The number of benzene rings is 1. The van der Waals surface area contributed by atoms with E-state index in [0.29, 0.717) is 19.7 Å². The molecule has 6 nitrogen and oxygen atoms in total. The third-order valence-corrected chi connectivity index (χ3v) is 5.20. The zero-order valence-corrected chi connectivity index (χ0v) is 15.3. The van der Waals surface area contributed by atoms with Crippen LogP contribution in [-0.2, 0) is 30.9 Å². The summed E-state index contributed by atoms with van der Waals surface area (Å²) in [4.78, 5) is 19.1. The van der Waals surface area contributed by atoms with Crippen molar-refractivity contribution in [2.45, 2.75) is 45.9 Å². The van der Waals surface area contributed by atoms with Crippen LogP contribution in [0.1, 0.15) is 36.7 Å². The summed E-state index contributed by atoms with van der Waals surface area (Å²) >= 11 is 0. The normalized spacial score (nSPS) is 16.4. The van der Waals surface area contributed by atoms with Gasteiger partial charge in [-0.3, -0.25) is 0 Å². The number of nitrogens with zero attached hydrogens (tertiary/aromatic N) is 3. The van der Waals surface area contributed by atoms with E-state index in [4.69, 9.17) is 4.74 Å². The third kappa shape index (κ3) is 3.75. The Hall–Kier alpha value is -2.34. The van der Waals surface area contributed by atoms with Crippen molar-refractivity contribution < 1.29 is 9.53 Å². The van der Waals surface area contributed by atoms with Crippen LogP contribution in [0.4, 0.5) is 10.5 Å². The molecule has 0 atom stereocenters. The summed E-state index contributed by atoms with van der Waals surface area (Å²) in [6.07, 6.45) is 5.33. The average Bonchev–Trinajstić information content (AvgIpc) is 3.41. The fourth-order valence-corrected chi connectivity index (χ4v) is 3.36. The van der Waals surface area contributed by atoms with E-state index in [1.54, 1.807) is 0 Å². The minimum absolute atomic E-state index is 0.0526. The van der Waals surface area contributed by atoms with Crippen LogP contribution in [-0.4, -0.2) is 33.6 Å². The van der Waals surface area contributed by atoms with E-state index >= 15 is 0 Å². The van der Waals surface area contributed by atoms with Crippen molar-refractivity contribution in [2.24, 2.45) is 5.92 Å². The smallest absolute Gasteiger partial charge is 0.322 e. The molecule has 1 aromatic heterocycles. The van der Waals surface area contributed by atoms with E-state index in [1.165, 1.54) is 12.8 Å². The van der Waals surface area contributed by atoms with Gasteiger partial charge < -0.3 is 19.5 Å². The minimum atomic E-state index is -0.0526. The zero-order valence-electron chi connectivity index (χ0n) is 15.3. The number of carbonyl (C=O) groups is 1. The number of ether oxygens (including phenoxy) is 1. The van der Waals surface area contributed by atoms with Crippen molar-refractivity contribution >= 4 is 11.7 Å². The quantitative estimate of drug-likeness (QED) is 0.865. The molecule has 1 aliphatic heterocycles. The number of rotatable bonds is 6. The number of aromatic nitrogens is 2. The van der Waals surface area contributed by atoms with Crippen LogP contribution >= 0.6 is 0 Å². The average molecular weight is 354 g/mol. The SMILES string of the molecule is CCc1ccccc1NC(=O)N1CCn2cnc(COCC3CC3)c2C1. The minimum Gasteiger partial charge on any atom is -0.375 e. The van der Waals surface area contributed by atoms with Gasteiger partial charge in [0, 0.05) is 25.4 Å². The van der Waals surface area contributed by atoms with Crippen LogP contribution in [0.5, 0.6) is 0 Å². The molecule has 0 unspecified atom stereocenters. The van der Waals surface area contributed by atoms with Gasteiger partial charge in [-0.25, -0.2) is 9.78 Å². The lowest BCUT2D eigenvalue weighted by Crippen LogP contribution is -2.41. The molecular formula is C20H26N4O2. The van der Waals surface area contributed by atoms with Gasteiger partial charge in [-0.15, -0.1) is 0 Å². The number of aryl methyl sites for hydroxylation is 1. The second kappa shape index (κ2) is 7.50. The molecule has 4 rings (SSSR count). The molecule has 0 saturated heterocycles. The number of imidazole rings is 1. The molecule has 1 aromatic carbocycles. The van der Waals surface area contributed by atoms with Crippen LogP contribution in [0, 0.1) is 5.92 Å². The highest BCUT2D eigenvalue weighted by molar-refractivity contribution is 5.90. The first-order valence-corrected chi connectivity index (χ1v) is 9.49. The number of carbonyl (C=O) groups excluding carboxylic acids is 1. The first-order chi connectivity index (χ1) is 12.7. The first kappa shape index (κ1) is 17.1. The lowest BCUT2D eigenvalue weighted by atomic mass is 10.1. The Balaban J connectivity index is 1.40. The van der Waals surface area contributed by atoms with Crippen LogP contribution < -0.4 is 5.32 Å². The molecule has 2 amide bonds. The van der Waals surface area contributed by atoms with Crippen molar-refractivity contribution in [3.8, 4) is 0 Å². The van der Waals surface area contributed by atoms with E-state index < -0.39 is 0 Å². The number of hydrogen-bond donors (Lipinski definition) is 1. The standard InChI is InChI=1S/C20H26N4O2/c1-2-16-5-3-4-6-17(16)22-20(25)23-9-10-24-14-21-18(19(24)11-23)13-26-12-15-7-8-15/h3-6,14-15H,2,7-13H2,1H3,(H,22,25). The van der Waals surface area contributed by atoms with Crippen LogP contribution in [0.3, 0.4) is 0 Å². The lowest BCUT2D eigenvalue weighted by molar-refractivity contribution is 0.107. The molecule has 1 fully saturated rings. The zero-order chi connectivity index (χ0) is 17.9. The van der Waals surface area contributed by atoms with Gasteiger partial charge in [0.05, 0.1) is 30.9 Å². The van der Waals surface area contributed by atoms with Gasteiger partial charge in [0.25, 0.3) is 0 Å². The number of amides is 2. The highest BCUT2D eigenvalue weighted by Crippen LogP contribution is 2.29. The summed E-state index contributed by atoms with van der Waals surface area (Å²) in [7, 11) is 0. The third-order valence-electron chi connectivity index (χ3n) is 5.20. The molecule has 1 aliphatic carbocycles. The van der Waals surface area contributed by atoms with Gasteiger partial charge in [-0.1, -0.05) is 25.1 Å². The lowest BCUT2D eigenvalue weighted by Gasteiger charge is -2.29. The van der Waals surface area contributed by atoms with Crippen molar-refractivity contribution in [1.29, 1.82) is 0 Å². The van der Waals surface area contributed by atoms with Gasteiger partial charge in [0.2, 0.25) is 0 Å². The van der Waals surface area contributed by atoms with E-state index in [1.807, 2.05) is 29.4 Å². The summed E-state index contributed by atoms with van der Waals surface area (Å²) in [6, 6.07) is 7.92. The van der Waals surface area contributed by atoms with Crippen molar-refractivity contribution in [3.63, 3.8) is 0 Å². The Kier molecular flexibility index (Phi) is 4.93. The Morgan fingerprint density at radius 3 is 2.96 bits per heavy atom. The molecule has 2 aliphatic rings. The second-order valence-corrected chi connectivity index (χ2v) is 7.15. The number of fused-ring (bicyclic) bond motifs is 1. The molecule has 26 heavy (non-hydrogen) atoms. The largest absolute Gasteiger partial charge is 0.375 e. The van der Waals surface area contributed by atoms with Crippen LogP contribution in [0.25, 0.3) is 0 Å². The predicted molar refractivity (Wildman–Crippen MR) is 99.9 cm³/mol. The molecule has 1 saturated carbocycles. The van der Waals surface area contributed by atoms with E-state index in [-0.39, 0.29) is 6.03 Å².